The van der Waals surface area contributed by atoms with E-state index in [1.807, 2.05) is 6.07 Å². The molecule has 3 rings (SSSR count). The number of hydrogen-bond donors (Lipinski definition) is 3. The van der Waals surface area contributed by atoms with Gasteiger partial charge >= 0.3 is 6.03 Å². The van der Waals surface area contributed by atoms with E-state index in [9.17, 15) is 9.59 Å². The van der Waals surface area contributed by atoms with Crippen LogP contribution in [0.1, 0.15) is 34.8 Å². The van der Waals surface area contributed by atoms with Crippen molar-refractivity contribution < 1.29 is 14.3 Å². The minimum absolute atomic E-state index is 0.178. The van der Waals surface area contributed by atoms with Crippen molar-refractivity contribution in [2.24, 2.45) is 0 Å². The number of rotatable bonds is 4. The molecule has 1 aromatic heterocycles. The zero-order valence-corrected chi connectivity index (χ0v) is 14.9. The average Bonchev–Trinajstić information content (AvgIpc) is 3.22. The number of nitrogens with zero attached hydrogens (tertiary/aromatic N) is 2. The summed E-state index contributed by atoms with van der Waals surface area (Å²) in [7, 11) is 3.06. The molecule has 1 atom stereocenters. The van der Waals surface area contributed by atoms with Crippen molar-refractivity contribution >= 4 is 17.6 Å². The molecule has 0 aliphatic carbocycles. The third-order valence-corrected chi connectivity index (χ3v) is 4.59. The van der Waals surface area contributed by atoms with Crippen LogP contribution in [0.2, 0.25) is 0 Å². The SMILES string of the molecule is CNC(=O)c1cc(NC(=O)N2CCC[C@H](c3ccn[nH]3)C2)ccc1OC. The zero-order chi connectivity index (χ0) is 18.5. The van der Waals surface area contributed by atoms with Gasteiger partial charge in [0.25, 0.3) is 5.91 Å². The fourth-order valence-electron chi connectivity index (χ4n) is 3.21. The van der Waals surface area contributed by atoms with Crippen molar-refractivity contribution in [3.8, 4) is 5.75 Å². The number of aromatic nitrogens is 2. The summed E-state index contributed by atoms with van der Waals surface area (Å²) in [5.41, 5.74) is 1.98. The second-order valence-corrected chi connectivity index (χ2v) is 6.22. The maximum absolute atomic E-state index is 12.6. The van der Waals surface area contributed by atoms with Crippen LogP contribution in [-0.4, -0.2) is 54.3 Å². The van der Waals surface area contributed by atoms with Crippen LogP contribution in [0.5, 0.6) is 5.75 Å². The Hall–Kier alpha value is -3.03. The minimum atomic E-state index is -0.268. The number of carbonyl (C=O) groups excluding carboxylic acids is 2. The first-order valence-corrected chi connectivity index (χ1v) is 8.57. The zero-order valence-electron chi connectivity index (χ0n) is 14.9. The van der Waals surface area contributed by atoms with Crippen LogP contribution in [0, 0.1) is 0 Å². The standard InChI is InChI=1S/C18H23N5O3/c1-19-17(24)14-10-13(5-6-16(14)26-2)21-18(25)23-9-3-4-12(11-23)15-7-8-20-22-15/h5-8,10,12H,3-4,9,11H2,1-2H3,(H,19,24)(H,20,22)(H,21,25)/t12-/m0/s1. The van der Waals surface area contributed by atoms with Gasteiger partial charge in [-0.2, -0.15) is 5.10 Å². The van der Waals surface area contributed by atoms with E-state index in [1.54, 1.807) is 36.3 Å². The summed E-state index contributed by atoms with van der Waals surface area (Å²) in [6.45, 7) is 1.33. The Labute approximate surface area is 151 Å². The molecule has 8 nitrogen and oxygen atoms in total. The van der Waals surface area contributed by atoms with Crippen LogP contribution in [0.4, 0.5) is 10.5 Å². The molecule has 1 aromatic carbocycles. The second kappa shape index (κ2) is 7.90. The molecule has 3 N–H and O–H groups in total. The quantitative estimate of drug-likeness (QED) is 0.781. The summed E-state index contributed by atoms with van der Waals surface area (Å²) < 4.78 is 5.21. The lowest BCUT2D eigenvalue weighted by molar-refractivity contribution is 0.0960. The number of carbonyl (C=O) groups is 2. The molecular weight excluding hydrogens is 334 g/mol. The molecule has 138 valence electrons. The summed E-state index contributed by atoms with van der Waals surface area (Å²) in [5.74, 6) is 0.448. The van der Waals surface area contributed by atoms with Gasteiger partial charge in [-0.15, -0.1) is 0 Å². The third kappa shape index (κ3) is 3.79. The fourth-order valence-corrected chi connectivity index (χ4v) is 3.21. The minimum Gasteiger partial charge on any atom is -0.496 e. The molecule has 0 bridgehead atoms. The Balaban J connectivity index is 1.70. The monoisotopic (exact) mass is 357 g/mol. The Bertz CT molecular complexity index is 775. The van der Waals surface area contributed by atoms with Crippen molar-refractivity contribution in [3.05, 3.63) is 41.7 Å². The van der Waals surface area contributed by atoms with Crippen molar-refractivity contribution in [2.45, 2.75) is 18.8 Å². The lowest BCUT2D eigenvalue weighted by Crippen LogP contribution is -2.41. The molecule has 2 aromatic rings. The van der Waals surface area contributed by atoms with E-state index in [2.05, 4.69) is 20.8 Å². The molecule has 0 unspecified atom stereocenters. The highest BCUT2D eigenvalue weighted by Crippen LogP contribution is 2.27. The van der Waals surface area contributed by atoms with Crippen LogP contribution in [-0.2, 0) is 0 Å². The number of piperidine rings is 1. The predicted molar refractivity (Wildman–Crippen MR) is 97.5 cm³/mol. The number of amides is 3. The van der Waals surface area contributed by atoms with Crippen molar-refractivity contribution in [3.63, 3.8) is 0 Å². The van der Waals surface area contributed by atoms with Crippen LogP contribution in [0.25, 0.3) is 0 Å². The first-order valence-electron chi connectivity index (χ1n) is 8.57. The van der Waals surface area contributed by atoms with Gasteiger partial charge in [0, 0.05) is 43.6 Å². The molecular formula is C18H23N5O3. The smallest absolute Gasteiger partial charge is 0.321 e. The lowest BCUT2D eigenvalue weighted by atomic mass is 9.95. The number of benzene rings is 1. The van der Waals surface area contributed by atoms with Crippen molar-refractivity contribution in [1.29, 1.82) is 0 Å². The first kappa shape index (κ1) is 17.8. The van der Waals surface area contributed by atoms with Gasteiger partial charge in [-0.1, -0.05) is 0 Å². The molecule has 0 saturated carbocycles. The molecule has 0 radical (unpaired) electrons. The maximum atomic E-state index is 12.6. The summed E-state index contributed by atoms with van der Waals surface area (Å²) in [5, 5.41) is 12.4. The van der Waals surface area contributed by atoms with E-state index in [4.69, 9.17) is 4.74 Å². The highest BCUT2D eigenvalue weighted by molar-refractivity contribution is 5.99. The van der Waals surface area contributed by atoms with E-state index < -0.39 is 0 Å². The number of ether oxygens (including phenoxy) is 1. The molecule has 3 amide bonds. The largest absolute Gasteiger partial charge is 0.496 e. The number of nitrogens with one attached hydrogen (secondary N) is 3. The summed E-state index contributed by atoms with van der Waals surface area (Å²) in [4.78, 5) is 26.4. The van der Waals surface area contributed by atoms with E-state index in [0.29, 0.717) is 30.1 Å². The predicted octanol–water partition coefficient (Wildman–Crippen LogP) is 2.19. The molecule has 1 aliphatic heterocycles. The topological polar surface area (TPSA) is 99.4 Å². The van der Waals surface area contributed by atoms with Gasteiger partial charge in [-0.05, 0) is 37.1 Å². The van der Waals surface area contributed by atoms with Crippen molar-refractivity contribution in [1.82, 2.24) is 20.4 Å². The van der Waals surface area contributed by atoms with Gasteiger partial charge in [0.05, 0.1) is 12.7 Å². The summed E-state index contributed by atoms with van der Waals surface area (Å²) in [6.07, 6.45) is 3.69. The first-order chi connectivity index (χ1) is 12.6. The van der Waals surface area contributed by atoms with E-state index in [-0.39, 0.29) is 17.9 Å². The number of anilines is 1. The molecule has 1 fully saturated rings. The van der Waals surface area contributed by atoms with Gasteiger partial charge in [0.15, 0.2) is 0 Å². The third-order valence-electron chi connectivity index (χ3n) is 4.59. The van der Waals surface area contributed by atoms with Gasteiger partial charge < -0.3 is 20.3 Å². The van der Waals surface area contributed by atoms with Crippen LogP contribution in [0.15, 0.2) is 30.5 Å². The second-order valence-electron chi connectivity index (χ2n) is 6.22. The van der Waals surface area contributed by atoms with Gasteiger partial charge in [0.2, 0.25) is 0 Å². The number of urea groups is 1. The van der Waals surface area contributed by atoms with Crippen LogP contribution in [0.3, 0.4) is 0 Å². The average molecular weight is 357 g/mol. The number of likely N-dealkylation sites (tertiary alicyclic amines) is 1. The Morgan fingerprint density at radius 2 is 2.19 bits per heavy atom. The summed E-state index contributed by atoms with van der Waals surface area (Å²) in [6, 6.07) is 6.78. The van der Waals surface area contributed by atoms with Gasteiger partial charge in [-0.25, -0.2) is 4.79 Å². The molecule has 2 heterocycles. The Kier molecular flexibility index (Phi) is 5.40. The highest BCUT2D eigenvalue weighted by Gasteiger charge is 2.25. The number of aromatic amines is 1. The molecule has 1 saturated heterocycles. The van der Waals surface area contributed by atoms with Gasteiger partial charge in [-0.3, -0.25) is 9.89 Å². The maximum Gasteiger partial charge on any atom is 0.321 e. The fraction of sp³-hybridized carbons (Fsp3) is 0.389. The molecule has 8 heteroatoms. The molecule has 26 heavy (non-hydrogen) atoms. The number of H-pyrrole nitrogens is 1. The molecule has 0 spiro atoms. The number of methoxy groups -OCH3 is 1. The van der Waals surface area contributed by atoms with Crippen molar-refractivity contribution in [2.75, 3.05) is 32.6 Å². The van der Waals surface area contributed by atoms with E-state index >= 15 is 0 Å². The Morgan fingerprint density at radius 3 is 2.88 bits per heavy atom. The Morgan fingerprint density at radius 1 is 1.35 bits per heavy atom. The lowest BCUT2D eigenvalue weighted by Gasteiger charge is -2.32. The number of hydrogen-bond acceptors (Lipinski definition) is 4. The summed E-state index contributed by atoms with van der Waals surface area (Å²) >= 11 is 0. The van der Waals surface area contributed by atoms with Crippen LogP contribution < -0.4 is 15.4 Å². The normalized spacial score (nSPS) is 16.8. The highest BCUT2D eigenvalue weighted by atomic mass is 16.5. The molecule has 1 aliphatic rings. The van der Waals surface area contributed by atoms with E-state index in [0.717, 1.165) is 18.5 Å². The van der Waals surface area contributed by atoms with E-state index in [1.165, 1.54) is 7.11 Å². The van der Waals surface area contributed by atoms with Gasteiger partial charge in [0.1, 0.15) is 5.75 Å². The van der Waals surface area contributed by atoms with Crippen LogP contribution >= 0.6 is 0 Å².